The van der Waals surface area contributed by atoms with Crippen LogP contribution < -0.4 is 10.5 Å². The first-order valence-electron chi connectivity index (χ1n) is 5.92. The summed E-state index contributed by atoms with van der Waals surface area (Å²) in [7, 11) is 0. The Bertz CT molecular complexity index is 311. The Hall–Kier alpha value is -1.02. The van der Waals surface area contributed by atoms with Crippen molar-refractivity contribution in [2.45, 2.75) is 45.6 Å². The molecule has 90 valence electrons. The lowest BCUT2D eigenvalue weighted by molar-refractivity contribution is 0.285. The zero-order chi connectivity index (χ0) is 12.2. The lowest BCUT2D eigenvalue weighted by atomic mass is 9.87. The zero-order valence-electron chi connectivity index (χ0n) is 10.8. The maximum absolute atomic E-state index is 5.79. The third kappa shape index (κ3) is 3.86. The highest BCUT2D eigenvalue weighted by Crippen LogP contribution is 2.24. The minimum absolute atomic E-state index is 0.127. The van der Waals surface area contributed by atoms with E-state index in [1.165, 1.54) is 5.56 Å². The van der Waals surface area contributed by atoms with Crippen LogP contribution in [-0.4, -0.2) is 12.6 Å². The summed E-state index contributed by atoms with van der Waals surface area (Å²) < 4.78 is 5.60. The SMILES string of the molecule is CC[C@@H](N)COc1ccc(C(C)(C)C)cc1. The van der Waals surface area contributed by atoms with Crippen LogP contribution in [-0.2, 0) is 5.41 Å². The van der Waals surface area contributed by atoms with E-state index in [1.807, 2.05) is 12.1 Å². The Morgan fingerprint density at radius 3 is 2.19 bits per heavy atom. The number of ether oxygens (including phenoxy) is 1. The highest BCUT2D eigenvalue weighted by molar-refractivity contribution is 5.31. The zero-order valence-corrected chi connectivity index (χ0v) is 10.8. The molecule has 0 fully saturated rings. The van der Waals surface area contributed by atoms with Crippen molar-refractivity contribution in [3.63, 3.8) is 0 Å². The fourth-order valence-corrected chi connectivity index (χ4v) is 1.37. The molecule has 0 spiro atoms. The molecule has 1 rings (SSSR count). The Morgan fingerprint density at radius 2 is 1.75 bits per heavy atom. The summed E-state index contributed by atoms with van der Waals surface area (Å²) in [6.07, 6.45) is 0.945. The highest BCUT2D eigenvalue weighted by Gasteiger charge is 2.12. The van der Waals surface area contributed by atoms with Crippen molar-refractivity contribution >= 4 is 0 Å². The van der Waals surface area contributed by atoms with Crippen LogP contribution in [0.2, 0.25) is 0 Å². The molecule has 0 unspecified atom stereocenters. The van der Waals surface area contributed by atoms with Crippen molar-refractivity contribution in [2.24, 2.45) is 5.73 Å². The molecule has 0 radical (unpaired) electrons. The highest BCUT2D eigenvalue weighted by atomic mass is 16.5. The monoisotopic (exact) mass is 221 g/mol. The van der Waals surface area contributed by atoms with Gasteiger partial charge in [0.25, 0.3) is 0 Å². The Balaban J connectivity index is 2.58. The lowest BCUT2D eigenvalue weighted by Crippen LogP contribution is -2.26. The number of benzene rings is 1. The fourth-order valence-electron chi connectivity index (χ4n) is 1.37. The van der Waals surface area contributed by atoms with Gasteiger partial charge in [-0.25, -0.2) is 0 Å². The smallest absolute Gasteiger partial charge is 0.119 e. The van der Waals surface area contributed by atoms with Gasteiger partial charge in [-0.1, -0.05) is 39.8 Å². The average molecular weight is 221 g/mol. The van der Waals surface area contributed by atoms with E-state index in [2.05, 4.69) is 39.8 Å². The standard InChI is InChI=1S/C14H23NO/c1-5-12(15)10-16-13-8-6-11(7-9-13)14(2,3)4/h6-9,12H,5,10,15H2,1-4H3/t12-/m1/s1. The van der Waals surface area contributed by atoms with Crippen molar-refractivity contribution < 1.29 is 4.74 Å². The first-order chi connectivity index (χ1) is 7.43. The van der Waals surface area contributed by atoms with Crippen molar-refractivity contribution in [3.8, 4) is 5.75 Å². The van der Waals surface area contributed by atoms with Gasteiger partial charge in [0.15, 0.2) is 0 Å². The number of hydrogen-bond acceptors (Lipinski definition) is 2. The Labute approximate surface area is 98.8 Å². The van der Waals surface area contributed by atoms with Crippen molar-refractivity contribution in [1.29, 1.82) is 0 Å². The van der Waals surface area contributed by atoms with E-state index >= 15 is 0 Å². The van der Waals surface area contributed by atoms with E-state index in [-0.39, 0.29) is 11.5 Å². The number of nitrogens with two attached hydrogens (primary N) is 1. The Kier molecular flexibility index (Phi) is 4.36. The van der Waals surface area contributed by atoms with E-state index in [4.69, 9.17) is 10.5 Å². The summed E-state index contributed by atoms with van der Waals surface area (Å²) in [4.78, 5) is 0. The van der Waals surface area contributed by atoms with Gasteiger partial charge >= 0.3 is 0 Å². The van der Waals surface area contributed by atoms with Crippen LogP contribution in [0.15, 0.2) is 24.3 Å². The van der Waals surface area contributed by atoms with Gasteiger partial charge in [0.1, 0.15) is 12.4 Å². The molecule has 0 heterocycles. The third-order valence-corrected chi connectivity index (χ3v) is 2.71. The first kappa shape index (κ1) is 13.0. The third-order valence-electron chi connectivity index (χ3n) is 2.71. The summed E-state index contributed by atoms with van der Waals surface area (Å²) in [5.41, 5.74) is 7.31. The molecule has 0 saturated carbocycles. The number of rotatable bonds is 4. The second kappa shape index (κ2) is 5.35. The van der Waals surface area contributed by atoms with Crippen molar-refractivity contribution in [2.75, 3.05) is 6.61 Å². The molecule has 2 nitrogen and oxygen atoms in total. The second-order valence-electron chi connectivity index (χ2n) is 5.25. The summed E-state index contributed by atoms with van der Waals surface area (Å²) >= 11 is 0. The first-order valence-corrected chi connectivity index (χ1v) is 5.92. The maximum Gasteiger partial charge on any atom is 0.119 e. The minimum atomic E-state index is 0.127. The van der Waals surface area contributed by atoms with Crippen LogP contribution in [0.4, 0.5) is 0 Å². The van der Waals surface area contributed by atoms with Crippen LogP contribution in [0.3, 0.4) is 0 Å². The van der Waals surface area contributed by atoms with Gasteiger partial charge in [-0.15, -0.1) is 0 Å². The largest absolute Gasteiger partial charge is 0.492 e. The molecular weight excluding hydrogens is 198 g/mol. The van der Waals surface area contributed by atoms with Crippen molar-refractivity contribution in [1.82, 2.24) is 0 Å². The summed E-state index contributed by atoms with van der Waals surface area (Å²) in [6, 6.07) is 8.40. The summed E-state index contributed by atoms with van der Waals surface area (Å²) in [5, 5.41) is 0. The normalized spacial score (nSPS) is 13.6. The van der Waals surface area contributed by atoms with Crippen LogP contribution in [0, 0.1) is 0 Å². The van der Waals surface area contributed by atoms with E-state index in [0.717, 1.165) is 12.2 Å². The van der Waals surface area contributed by atoms with Crippen LogP contribution in [0.1, 0.15) is 39.7 Å². The molecule has 0 aromatic heterocycles. The van der Waals surface area contributed by atoms with Gasteiger partial charge in [0, 0.05) is 6.04 Å². The van der Waals surface area contributed by atoms with Gasteiger partial charge in [-0.2, -0.15) is 0 Å². The van der Waals surface area contributed by atoms with Gasteiger partial charge in [-0.05, 0) is 29.5 Å². The molecular formula is C14H23NO. The predicted molar refractivity (Wildman–Crippen MR) is 68.9 cm³/mol. The summed E-state index contributed by atoms with van der Waals surface area (Å²) in [5.74, 6) is 0.900. The second-order valence-corrected chi connectivity index (χ2v) is 5.25. The molecule has 0 bridgehead atoms. The molecule has 1 aromatic rings. The maximum atomic E-state index is 5.79. The molecule has 2 N–H and O–H groups in total. The van der Waals surface area contributed by atoms with Gasteiger partial charge in [0.05, 0.1) is 0 Å². The van der Waals surface area contributed by atoms with Crippen LogP contribution >= 0.6 is 0 Å². The Morgan fingerprint density at radius 1 is 1.19 bits per heavy atom. The van der Waals surface area contributed by atoms with Gasteiger partial charge in [-0.3, -0.25) is 0 Å². The molecule has 2 heteroatoms. The van der Waals surface area contributed by atoms with E-state index in [0.29, 0.717) is 6.61 Å². The van der Waals surface area contributed by atoms with Gasteiger partial charge in [0.2, 0.25) is 0 Å². The molecule has 0 amide bonds. The summed E-state index contributed by atoms with van der Waals surface area (Å²) in [6.45, 7) is 9.27. The van der Waals surface area contributed by atoms with Crippen LogP contribution in [0.25, 0.3) is 0 Å². The quantitative estimate of drug-likeness (QED) is 0.848. The minimum Gasteiger partial charge on any atom is -0.492 e. The predicted octanol–water partition coefficient (Wildman–Crippen LogP) is 3.10. The topological polar surface area (TPSA) is 35.2 Å². The fraction of sp³-hybridized carbons (Fsp3) is 0.571. The van der Waals surface area contributed by atoms with Crippen LogP contribution in [0.5, 0.6) is 5.75 Å². The lowest BCUT2D eigenvalue weighted by Gasteiger charge is -2.19. The molecule has 0 aliphatic heterocycles. The van der Waals surface area contributed by atoms with Gasteiger partial charge < -0.3 is 10.5 Å². The van der Waals surface area contributed by atoms with Crippen molar-refractivity contribution in [3.05, 3.63) is 29.8 Å². The van der Waals surface area contributed by atoms with E-state index in [1.54, 1.807) is 0 Å². The molecule has 0 aliphatic carbocycles. The molecule has 0 saturated heterocycles. The molecule has 1 aromatic carbocycles. The molecule has 1 atom stereocenters. The molecule has 16 heavy (non-hydrogen) atoms. The number of hydrogen-bond donors (Lipinski definition) is 1. The van der Waals surface area contributed by atoms with E-state index in [9.17, 15) is 0 Å². The van der Waals surface area contributed by atoms with E-state index < -0.39 is 0 Å². The molecule has 0 aliphatic rings. The average Bonchev–Trinajstić information content (AvgIpc) is 2.25.